The van der Waals surface area contributed by atoms with Gasteiger partial charge in [-0.3, -0.25) is 9.69 Å². The molecule has 4 nitrogen and oxygen atoms in total. The van der Waals surface area contributed by atoms with Gasteiger partial charge in [-0.05, 0) is 41.3 Å². The third kappa shape index (κ3) is 3.32. The van der Waals surface area contributed by atoms with Gasteiger partial charge in [0.25, 0.3) is 0 Å². The number of hydrogen-bond donors (Lipinski definition) is 1. The summed E-state index contributed by atoms with van der Waals surface area (Å²) >= 11 is 0. The van der Waals surface area contributed by atoms with Crippen molar-refractivity contribution in [2.24, 2.45) is 0 Å². The van der Waals surface area contributed by atoms with E-state index in [0.717, 1.165) is 37.3 Å². The molecule has 2 aromatic carbocycles. The minimum atomic E-state index is -0.145. The van der Waals surface area contributed by atoms with Gasteiger partial charge < -0.3 is 10.1 Å². The summed E-state index contributed by atoms with van der Waals surface area (Å²) in [6.45, 7) is 5.75. The summed E-state index contributed by atoms with van der Waals surface area (Å²) in [6, 6.07) is 14.5. The Bertz CT molecular complexity index is 787. The number of nitrogens with zero attached hydrogens (tertiary/aromatic N) is 1. The molecule has 25 heavy (non-hydrogen) atoms. The molecule has 1 atom stereocenters. The van der Waals surface area contributed by atoms with Crippen molar-refractivity contribution < 1.29 is 9.53 Å². The highest BCUT2D eigenvalue weighted by atomic mass is 16.5. The van der Waals surface area contributed by atoms with E-state index < -0.39 is 0 Å². The molecular weight excluding hydrogens is 312 g/mol. The van der Waals surface area contributed by atoms with E-state index in [-0.39, 0.29) is 12.0 Å². The molecule has 0 saturated carbocycles. The summed E-state index contributed by atoms with van der Waals surface area (Å²) in [5.41, 5.74) is 5.97. The maximum absolute atomic E-state index is 12.6. The number of rotatable bonds is 4. The Morgan fingerprint density at radius 1 is 1.16 bits per heavy atom. The average Bonchev–Trinajstić information content (AvgIpc) is 3.06. The van der Waals surface area contributed by atoms with Crippen LogP contribution in [0.5, 0.6) is 0 Å². The molecule has 1 amide bonds. The number of carbonyl (C=O) groups is 1. The first-order valence-corrected chi connectivity index (χ1v) is 9.07. The normalized spacial score (nSPS) is 19.3. The second-order valence-corrected chi connectivity index (χ2v) is 6.81. The predicted molar refractivity (Wildman–Crippen MR) is 98.3 cm³/mol. The molecule has 1 unspecified atom stereocenters. The fraction of sp³-hybridized carbons (Fsp3) is 0.381. The molecule has 4 rings (SSSR count). The van der Waals surface area contributed by atoms with Crippen molar-refractivity contribution in [2.75, 3.05) is 18.5 Å². The van der Waals surface area contributed by atoms with E-state index in [4.69, 9.17) is 4.74 Å². The zero-order chi connectivity index (χ0) is 17.2. The van der Waals surface area contributed by atoms with E-state index in [2.05, 4.69) is 35.3 Å². The van der Waals surface area contributed by atoms with Crippen LogP contribution >= 0.6 is 0 Å². The highest BCUT2D eigenvalue weighted by Crippen LogP contribution is 2.32. The molecule has 4 heteroatoms. The van der Waals surface area contributed by atoms with Crippen LogP contribution in [0.2, 0.25) is 0 Å². The fourth-order valence-electron chi connectivity index (χ4n) is 3.85. The van der Waals surface area contributed by atoms with Crippen molar-refractivity contribution >= 4 is 11.6 Å². The van der Waals surface area contributed by atoms with Crippen LogP contribution in [-0.2, 0) is 29.0 Å². The lowest BCUT2D eigenvalue weighted by molar-refractivity contribution is -0.119. The second kappa shape index (κ2) is 6.98. The van der Waals surface area contributed by atoms with Crippen molar-refractivity contribution in [1.82, 2.24) is 4.90 Å². The Hall–Kier alpha value is -2.17. The number of hydrogen-bond acceptors (Lipinski definition) is 3. The number of fused-ring (bicyclic) bond motifs is 2. The molecule has 0 radical (unpaired) electrons. The van der Waals surface area contributed by atoms with Crippen molar-refractivity contribution in [2.45, 2.75) is 39.0 Å². The van der Waals surface area contributed by atoms with Crippen LogP contribution in [0.15, 0.2) is 42.5 Å². The number of carbonyl (C=O) groups excluding carboxylic acids is 1. The van der Waals surface area contributed by atoms with E-state index in [0.29, 0.717) is 13.0 Å². The Morgan fingerprint density at radius 3 is 2.88 bits per heavy atom. The quantitative estimate of drug-likeness (QED) is 0.926. The lowest BCUT2D eigenvalue weighted by Crippen LogP contribution is -2.22. The van der Waals surface area contributed by atoms with Crippen LogP contribution in [0, 0.1) is 0 Å². The number of ether oxygens (including phenoxy) is 1. The van der Waals surface area contributed by atoms with E-state index in [1.54, 1.807) is 0 Å². The molecule has 0 fully saturated rings. The monoisotopic (exact) mass is 336 g/mol. The van der Waals surface area contributed by atoms with E-state index in [1.807, 2.05) is 24.3 Å². The topological polar surface area (TPSA) is 41.6 Å². The molecule has 0 spiro atoms. The van der Waals surface area contributed by atoms with Gasteiger partial charge in [-0.1, -0.05) is 43.3 Å². The third-order valence-electron chi connectivity index (χ3n) is 5.23. The number of amides is 1. The summed E-state index contributed by atoms with van der Waals surface area (Å²) in [5, 5.41) is 3.12. The SMILES string of the molecule is CCN1Cc2cccc(NC(=O)CC3OCCc4ccccc43)c2C1. The predicted octanol–water partition coefficient (Wildman–Crippen LogP) is 3.66. The van der Waals surface area contributed by atoms with Gasteiger partial charge in [-0.2, -0.15) is 0 Å². The number of anilines is 1. The Kier molecular flexibility index (Phi) is 4.55. The molecule has 2 heterocycles. The van der Waals surface area contributed by atoms with E-state index in [1.165, 1.54) is 16.7 Å². The molecule has 0 aromatic heterocycles. The molecule has 2 aliphatic heterocycles. The van der Waals surface area contributed by atoms with Crippen LogP contribution in [-0.4, -0.2) is 24.0 Å². The summed E-state index contributed by atoms with van der Waals surface area (Å²) in [7, 11) is 0. The first-order chi connectivity index (χ1) is 12.2. The van der Waals surface area contributed by atoms with Gasteiger partial charge >= 0.3 is 0 Å². The number of benzene rings is 2. The lowest BCUT2D eigenvalue weighted by atomic mass is 9.95. The molecular formula is C21H24N2O2. The molecule has 0 aliphatic carbocycles. The minimum absolute atomic E-state index is 0.0186. The fourth-order valence-corrected chi connectivity index (χ4v) is 3.85. The van der Waals surface area contributed by atoms with Crippen molar-refractivity contribution in [3.8, 4) is 0 Å². The Morgan fingerprint density at radius 2 is 2.00 bits per heavy atom. The van der Waals surface area contributed by atoms with Gasteiger partial charge in [0.15, 0.2) is 0 Å². The zero-order valence-corrected chi connectivity index (χ0v) is 14.6. The van der Waals surface area contributed by atoms with Crippen molar-refractivity contribution in [3.63, 3.8) is 0 Å². The molecule has 0 saturated heterocycles. The van der Waals surface area contributed by atoms with Gasteiger partial charge in [0.05, 0.1) is 19.1 Å². The summed E-state index contributed by atoms with van der Waals surface area (Å²) in [4.78, 5) is 15.0. The van der Waals surface area contributed by atoms with Gasteiger partial charge in [0, 0.05) is 18.8 Å². The minimum Gasteiger partial charge on any atom is -0.373 e. The lowest BCUT2D eigenvalue weighted by Gasteiger charge is -2.25. The van der Waals surface area contributed by atoms with E-state index >= 15 is 0 Å². The van der Waals surface area contributed by atoms with Gasteiger partial charge in [-0.15, -0.1) is 0 Å². The van der Waals surface area contributed by atoms with Crippen molar-refractivity contribution in [3.05, 3.63) is 64.7 Å². The number of nitrogens with one attached hydrogen (secondary N) is 1. The van der Waals surface area contributed by atoms with Gasteiger partial charge in [0.2, 0.25) is 5.91 Å². The highest BCUT2D eigenvalue weighted by Gasteiger charge is 2.25. The smallest absolute Gasteiger partial charge is 0.227 e. The highest BCUT2D eigenvalue weighted by molar-refractivity contribution is 5.92. The Balaban J connectivity index is 1.47. The Labute approximate surface area is 148 Å². The van der Waals surface area contributed by atoms with Crippen LogP contribution in [0.4, 0.5) is 5.69 Å². The largest absolute Gasteiger partial charge is 0.373 e. The molecule has 1 N–H and O–H groups in total. The van der Waals surface area contributed by atoms with Crippen LogP contribution in [0.25, 0.3) is 0 Å². The maximum Gasteiger partial charge on any atom is 0.227 e. The van der Waals surface area contributed by atoms with Crippen LogP contribution in [0.3, 0.4) is 0 Å². The van der Waals surface area contributed by atoms with Gasteiger partial charge in [0.1, 0.15) is 0 Å². The van der Waals surface area contributed by atoms with Crippen molar-refractivity contribution in [1.29, 1.82) is 0 Å². The standard InChI is InChI=1S/C21H24N2O2/c1-2-23-13-16-7-5-9-19(18(16)14-23)22-21(24)12-20-17-8-4-3-6-15(17)10-11-25-20/h3-9,20H,2,10-14H2,1H3,(H,22,24). The second-order valence-electron chi connectivity index (χ2n) is 6.81. The molecule has 0 bridgehead atoms. The van der Waals surface area contributed by atoms with Crippen LogP contribution < -0.4 is 5.32 Å². The van der Waals surface area contributed by atoms with Gasteiger partial charge in [-0.25, -0.2) is 0 Å². The molecule has 2 aromatic rings. The maximum atomic E-state index is 12.6. The third-order valence-corrected chi connectivity index (χ3v) is 5.23. The zero-order valence-electron chi connectivity index (χ0n) is 14.6. The summed E-state index contributed by atoms with van der Waals surface area (Å²) in [5.74, 6) is 0.0186. The first kappa shape index (κ1) is 16.3. The molecule has 2 aliphatic rings. The first-order valence-electron chi connectivity index (χ1n) is 9.07. The van der Waals surface area contributed by atoms with Crippen LogP contribution in [0.1, 0.15) is 41.7 Å². The molecule has 130 valence electrons. The summed E-state index contributed by atoms with van der Waals surface area (Å²) in [6.07, 6.45) is 1.14. The van der Waals surface area contributed by atoms with E-state index in [9.17, 15) is 4.79 Å². The average molecular weight is 336 g/mol. The summed E-state index contributed by atoms with van der Waals surface area (Å²) < 4.78 is 5.87.